The summed E-state index contributed by atoms with van der Waals surface area (Å²) in [7, 11) is -4.29. The average molecular weight is 224 g/mol. The Kier molecular flexibility index (Phi) is 3.02. The van der Waals surface area contributed by atoms with Crippen LogP contribution in [0.2, 0.25) is 0 Å². The summed E-state index contributed by atoms with van der Waals surface area (Å²) >= 11 is 0. The van der Waals surface area contributed by atoms with Crippen molar-refractivity contribution in [3.63, 3.8) is 0 Å². The van der Waals surface area contributed by atoms with E-state index in [0.29, 0.717) is 0 Å². The molecule has 0 aliphatic carbocycles. The van der Waals surface area contributed by atoms with Crippen LogP contribution in [-0.2, 0) is 10.1 Å². The second-order valence-electron chi connectivity index (χ2n) is 2.32. The minimum atomic E-state index is -4.29. The lowest BCUT2D eigenvalue weighted by Crippen LogP contribution is -2.02. The smallest absolute Gasteiger partial charge is 0.387 e. The van der Waals surface area contributed by atoms with E-state index in [2.05, 4.69) is 4.74 Å². The molecule has 78 valence electrons. The molecule has 0 unspecified atom stereocenters. The molecular formula is C7H6F2O4S. The predicted molar refractivity (Wildman–Crippen MR) is 42.9 cm³/mol. The van der Waals surface area contributed by atoms with Crippen molar-refractivity contribution >= 4 is 10.1 Å². The van der Waals surface area contributed by atoms with E-state index in [1.165, 1.54) is 0 Å². The lowest BCUT2D eigenvalue weighted by molar-refractivity contribution is -0.0498. The maximum absolute atomic E-state index is 11.7. The van der Waals surface area contributed by atoms with Crippen molar-refractivity contribution in [3.05, 3.63) is 24.3 Å². The zero-order valence-electron chi connectivity index (χ0n) is 6.72. The van der Waals surface area contributed by atoms with Crippen LogP contribution in [-0.4, -0.2) is 19.6 Å². The van der Waals surface area contributed by atoms with Crippen LogP contribution in [0.4, 0.5) is 8.78 Å². The fourth-order valence-electron chi connectivity index (χ4n) is 0.793. The summed E-state index contributed by atoms with van der Waals surface area (Å²) in [6, 6.07) is 3.98. The summed E-state index contributed by atoms with van der Waals surface area (Å²) < 4.78 is 56.9. The largest absolute Gasteiger partial charge is 0.435 e. The van der Waals surface area contributed by atoms with Crippen LogP contribution < -0.4 is 4.74 Å². The van der Waals surface area contributed by atoms with Crippen LogP contribution in [0.1, 0.15) is 0 Å². The summed E-state index contributed by atoms with van der Waals surface area (Å²) in [4.78, 5) is -0.376. The molecule has 4 nitrogen and oxygen atoms in total. The Bertz CT molecular complexity index is 398. The standard InChI is InChI=1S/C7H6F2O4S/c8-7(9)13-5-1-3-6(4-2-5)14(10,11)12/h1-4,7H,(H,10,11,12). The first-order valence-corrected chi connectivity index (χ1v) is 4.86. The quantitative estimate of drug-likeness (QED) is 0.791. The predicted octanol–water partition coefficient (Wildman–Crippen LogP) is 1.53. The topological polar surface area (TPSA) is 63.6 Å². The van der Waals surface area contributed by atoms with Gasteiger partial charge in [0.05, 0.1) is 4.90 Å². The molecule has 0 saturated carbocycles. The Hall–Kier alpha value is -1.21. The number of alkyl halides is 2. The Morgan fingerprint density at radius 1 is 1.21 bits per heavy atom. The molecule has 1 aromatic carbocycles. The lowest BCUT2D eigenvalue weighted by Gasteiger charge is -2.03. The molecule has 7 heteroatoms. The van der Waals surface area contributed by atoms with Gasteiger partial charge >= 0.3 is 6.61 Å². The minimum Gasteiger partial charge on any atom is -0.435 e. The zero-order valence-corrected chi connectivity index (χ0v) is 7.54. The third-order valence-electron chi connectivity index (χ3n) is 1.35. The first-order valence-electron chi connectivity index (χ1n) is 3.42. The summed E-state index contributed by atoms with van der Waals surface area (Å²) in [5.74, 6) is -0.174. The summed E-state index contributed by atoms with van der Waals surface area (Å²) in [5, 5.41) is 0. The molecule has 1 aromatic rings. The molecule has 1 rings (SSSR count). The maximum Gasteiger partial charge on any atom is 0.387 e. The SMILES string of the molecule is O=S(=O)(O)c1ccc(OC(F)F)cc1. The van der Waals surface area contributed by atoms with Gasteiger partial charge in [-0.15, -0.1) is 0 Å². The first-order chi connectivity index (χ1) is 6.39. The van der Waals surface area contributed by atoms with E-state index in [9.17, 15) is 17.2 Å². The number of halogens is 2. The van der Waals surface area contributed by atoms with Gasteiger partial charge in [-0.25, -0.2) is 0 Å². The van der Waals surface area contributed by atoms with Crippen molar-refractivity contribution in [2.24, 2.45) is 0 Å². The summed E-state index contributed by atoms with van der Waals surface area (Å²) in [6.45, 7) is -2.97. The van der Waals surface area contributed by atoms with E-state index < -0.39 is 16.7 Å². The van der Waals surface area contributed by atoms with Crippen molar-refractivity contribution in [1.29, 1.82) is 0 Å². The van der Waals surface area contributed by atoms with E-state index in [1.807, 2.05) is 0 Å². The van der Waals surface area contributed by atoms with Crippen LogP contribution in [0.5, 0.6) is 5.75 Å². The van der Waals surface area contributed by atoms with Gasteiger partial charge in [0.1, 0.15) is 5.75 Å². The Morgan fingerprint density at radius 2 is 1.71 bits per heavy atom. The van der Waals surface area contributed by atoms with E-state index in [-0.39, 0.29) is 10.6 Å². The van der Waals surface area contributed by atoms with Gasteiger partial charge in [0.2, 0.25) is 0 Å². The van der Waals surface area contributed by atoms with Crippen LogP contribution in [0.3, 0.4) is 0 Å². The molecule has 0 spiro atoms. The Balaban J connectivity index is 2.90. The van der Waals surface area contributed by atoms with Gasteiger partial charge in [0.25, 0.3) is 10.1 Å². The summed E-state index contributed by atoms with van der Waals surface area (Å²) in [6.07, 6.45) is 0. The van der Waals surface area contributed by atoms with Crippen molar-refractivity contribution in [2.75, 3.05) is 0 Å². The molecular weight excluding hydrogens is 218 g/mol. The van der Waals surface area contributed by atoms with Crippen LogP contribution in [0.25, 0.3) is 0 Å². The molecule has 14 heavy (non-hydrogen) atoms. The Labute approximate surface area is 78.9 Å². The molecule has 0 aliphatic heterocycles. The van der Waals surface area contributed by atoms with Crippen LogP contribution in [0, 0.1) is 0 Å². The fourth-order valence-corrected chi connectivity index (χ4v) is 1.27. The van der Waals surface area contributed by atoms with Gasteiger partial charge < -0.3 is 4.74 Å². The minimum absolute atomic E-state index is 0.174. The number of benzene rings is 1. The highest BCUT2D eigenvalue weighted by atomic mass is 32.2. The van der Waals surface area contributed by atoms with Crippen molar-refractivity contribution < 1.29 is 26.5 Å². The summed E-state index contributed by atoms with van der Waals surface area (Å²) in [5.41, 5.74) is 0. The molecule has 0 atom stereocenters. The van der Waals surface area contributed by atoms with Crippen LogP contribution in [0.15, 0.2) is 29.2 Å². The monoisotopic (exact) mass is 224 g/mol. The van der Waals surface area contributed by atoms with Gasteiger partial charge in [-0.2, -0.15) is 17.2 Å². The van der Waals surface area contributed by atoms with Crippen molar-refractivity contribution in [3.8, 4) is 5.75 Å². The third-order valence-corrected chi connectivity index (χ3v) is 2.21. The van der Waals surface area contributed by atoms with Gasteiger partial charge in [-0.3, -0.25) is 4.55 Å². The van der Waals surface area contributed by atoms with Gasteiger partial charge in [0.15, 0.2) is 0 Å². The number of hydrogen-bond acceptors (Lipinski definition) is 3. The highest BCUT2D eigenvalue weighted by molar-refractivity contribution is 7.85. The fraction of sp³-hybridized carbons (Fsp3) is 0.143. The number of hydrogen-bond donors (Lipinski definition) is 1. The average Bonchev–Trinajstić information content (AvgIpc) is 2.02. The molecule has 1 N–H and O–H groups in total. The molecule has 0 fully saturated rings. The van der Waals surface area contributed by atoms with E-state index in [4.69, 9.17) is 4.55 Å². The number of rotatable bonds is 3. The van der Waals surface area contributed by atoms with Gasteiger partial charge in [-0.05, 0) is 24.3 Å². The molecule has 0 saturated heterocycles. The van der Waals surface area contributed by atoms with Crippen molar-refractivity contribution in [2.45, 2.75) is 11.5 Å². The second-order valence-corrected chi connectivity index (χ2v) is 3.75. The van der Waals surface area contributed by atoms with Gasteiger partial charge in [0, 0.05) is 0 Å². The molecule has 0 bridgehead atoms. The van der Waals surface area contributed by atoms with E-state index in [0.717, 1.165) is 24.3 Å². The first kappa shape index (κ1) is 10.9. The molecule has 0 aliphatic rings. The zero-order chi connectivity index (χ0) is 10.8. The molecule has 0 heterocycles. The highest BCUT2D eigenvalue weighted by Crippen LogP contribution is 2.17. The molecule has 0 amide bonds. The molecule has 0 radical (unpaired) electrons. The highest BCUT2D eigenvalue weighted by Gasteiger charge is 2.10. The Morgan fingerprint density at radius 3 is 2.07 bits per heavy atom. The normalized spacial score (nSPS) is 11.7. The van der Waals surface area contributed by atoms with E-state index in [1.54, 1.807) is 0 Å². The second kappa shape index (κ2) is 3.89. The third kappa shape index (κ3) is 2.93. The van der Waals surface area contributed by atoms with E-state index >= 15 is 0 Å². The van der Waals surface area contributed by atoms with Gasteiger partial charge in [-0.1, -0.05) is 0 Å². The van der Waals surface area contributed by atoms with Crippen molar-refractivity contribution in [1.82, 2.24) is 0 Å². The molecule has 0 aromatic heterocycles. The lowest BCUT2D eigenvalue weighted by atomic mass is 10.3. The number of ether oxygens (including phenoxy) is 1. The van der Waals surface area contributed by atoms with Crippen LogP contribution >= 0.6 is 0 Å². The maximum atomic E-state index is 11.7.